The minimum absolute atomic E-state index is 0.106. The van der Waals surface area contributed by atoms with Gasteiger partial charge >= 0.3 is 0 Å². The van der Waals surface area contributed by atoms with Crippen molar-refractivity contribution in [2.45, 2.75) is 13.0 Å². The minimum atomic E-state index is -0.302. The van der Waals surface area contributed by atoms with E-state index in [1.165, 1.54) is 0 Å². The van der Waals surface area contributed by atoms with Crippen LogP contribution in [-0.4, -0.2) is 16.1 Å². The lowest BCUT2D eigenvalue weighted by Gasteiger charge is -2.12. The highest BCUT2D eigenvalue weighted by Crippen LogP contribution is 2.19. The molecule has 0 saturated heterocycles. The van der Waals surface area contributed by atoms with Crippen LogP contribution in [0.3, 0.4) is 0 Å². The van der Waals surface area contributed by atoms with E-state index in [1.54, 1.807) is 35.6 Å². The molecule has 0 spiro atoms. The molecule has 106 valence electrons. The predicted octanol–water partition coefficient (Wildman–Crippen LogP) is 2.48. The Morgan fingerprint density at radius 3 is 2.71 bits per heavy atom. The van der Waals surface area contributed by atoms with E-state index in [2.05, 4.69) is 15.5 Å². The highest BCUT2D eigenvalue weighted by Gasteiger charge is 2.17. The molecule has 0 bridgehead atoms. The van der Waals surface area contributed by atoms with Gasteiger partial charge in [-0.2, -0.15) is 5.10 Å². The number of rotatable bonds is 3. The highest BCUT2D eigenvalue weighted by atomic mass is 32.1. The van der Waals surface area contributed by atoms with Gasteiger partial charge in [0.05, 0.1) is 11.4 Å². The maximum atomic E-state index is 12.4. The number of amides is 1. The van der Waals surface area contributed by atoms with E-state index in [0.29, 0.717) is 10.8 Å². The van der Waals surface area contributed by atoms with Crippen LogP contribution in [0.25, 0.3) is 10.8 Å². The second-order valence-corrected chi connectivity index (χ2v) is 5.64. The fraction of sp³-hybridized carbons (Fsp3) is 0.133. The summed E-state index contributed by atoms with van der Waals surface area (Å²) in [5.41, 5.74) is -0.0675. The molecule has 0 aliphatic carbocycles. The number of fused-ring (bicyclic) bond motifs is 1. The quantitative estimate of drug-likeness (QED) is 0.780. The van der Waals surface area contributed by atoms with Gasteiger partial charge in [-0.15, -0.1) is 11.3 Å². The first-order valence-corrected chi connectivity index (χ1v) is 7.36. The number of hydrogen-bond donors (Lipinski definition) is 2. The van der Waals surface area contributed by atoms with Crippen molar-refractivity contribution in [2.24, 2.45) is 0 Å². The molecule has 2 aromatic heterocycles. The van der Waals surface area contributed by atoms with Crippen molar-refractivity contribution in [1.29, 1.82) is 0 Å². The van der Waals surface area contributed by atoms with Gasteiger partial charge in [-0.1, -0.05) is 24.3 Å². The second kappa shape index (κ2) is 5.49. The maximum Gasteiger partial charge on any atom is 0.272 e. The molecule has 1 aromatic carbocycles. The average Bonchev–Trinajstić information content (AvgIpc) is 3.02. The van der Waals surface area contributed by atoms with Gasteiger partial charge in [-0.05, 0) is 24.4 Å². The fourth-order valence-corrected chi connectivity index (χ4v) is 2.90. The van der Waals surface area contributed by atoms with E-state index in [9.17, 15) is 9.59 Å². The zero-order valence-electron chi connectivity index (χ0n) is 11.3. The van der Waals surface area contributed by atoms with Gasteiger partial charge < -0.3 is 5.32 Å². The zero-order chi connectivity index (χ0) is 14.8. The summed E-state index contributed by atoms with van der Waals surface area (Å²) in [6, 6.07) is 10.7. The molecular weight excluding hydrogens is 286 g/mol. The smallest absolute Gasteiger partial charge is 0.272 e. The molecule has 0 saturated carbocycles. The monoisotopic (exact) mass is 299 g/mol. The Kier molecular flexibility index (Phi) is 3.53. The van der Waals surface area contributed by atoms with Crippen LogP contribution in [0.5, 0.6) is 0 Å². The molecule has 1 atom stereocenters. The van der Waals surface area contributed by atoms with E-state index in [4.69, 9.17) is 0 Å². The number of aromatic amines is 1. The highest BCUT2D eigenvalue weighted by molar-refractivity contribution is 7.10. The van der Waals surface area contributed by atoms with Gasteiger partial charge in [0, 0.05) is 10.3 Å². The van der Waals surface area contributed by atoms with Crippen molar-refractivity contribution >= 4 is 28.0 Å². The Bertz CT molecular complexity index is 840. The summed E-state index contributed by atoms with van der Waals surface area (Å²) in [7, 11) is 0. The van der Waals surface area contributed by atoms with Crippen LogP contribution in [-0.2, 0) is 0 Å². The van der Waals surface area contributed by atoms with Gasteiger partial charge in [-0.3, -0.25) is 9.59 Å². The largest absolute Gasteiger partial charge is 0.343 e. The molecule has 0 fully saturated rings. The van der Waals surface area contributed by atoms with E-state index >= 15 is 0 Å². The standard InChI is InChI=1S/C15H13N3O2S/c1-9(12-7-4-8-21-12)16-15(20)13-10-5-2-3-6-11(10)14(19)18-17-13/h2-9H,1H3,(H,16,20)(H,18,19)/t9-/m1/s1. The minimum Gasteiger partial charge on any atom is -0.343 e. The summed E-state index contributed by atoms with van der Waals surface area (Å²) in [5.74, 6) is -0.302. The summed E-state index contributed by atoms with van der Waals surface area (Å²) in [6.45, 7) is 1.91. The van der Waals surface area contributed by atoms with Crippen LogP contribution in [0.15, 0.2) is 46.6 Å². The first kappa shape index (κ1) is 13.5. The second-order valence-electron chi connectivity index (χ2n) is 4.66. The lowest BCUT2D eigenvalue weighted by molar-refractivity contribution is 0.0936. The number of aromatic nitrogens is 2. The third kappa shape index (κ3) is 2.57. The van der Waals surface area contributed by atoms with Crippen molar-refractivity contribution in [3.05, 3.63) is 62.7 Å². The molecule has 3 rings (SSSR count). The molecule has 0 radical (unpaired) electrons. The average molecular weight is 299 g/mol. The van der Waals surface area contributed by atoms with E-state index < -0.39 is 0 Å². The number of H-pyrrole nitrogens is 1. The molecule has 5 nitrogen and oxygen atoms in total. The Morgan fingerprint density at radius 1 is 1.24 bits per heavy atom. The summed E-state index contributed by atoms with van der Waals surface area (Å²) >= 11 is 1.58. The number of thiophene rings is 1. The topological polar surface area (TPSA) is 74.8 Å². The van der Waals surface area contributed by atoms with Crippen molar-refractivity contribution < 1.29 is 4.79 Å². The maximum absolute atomic E-state index is 12.4. The number of nitrogens with zero attached hydrogens (tertiary/aromatic N) is 1. The molecule has 1 amide bonds. The zero-order valence-corrected chi connectivity index (χ0v) is 12.1. The van der Waals surface area contributed by atoms with Crippen LogP contribution in [0.4, 0.5) is 0 Å². The van der Waals surface area contributed by atoms with Crippen molar-refractivity contribution in [3.8, 4) is 0 Å². The Balaban J connectivity index is 1.95. The number of carbonyl (C=O) groups excluding carboxylic acids is 1. The van der Waals surface area contributed by atoms with Gasteiger partial charge in [0.2, 0.25) is 0 Å². The van der Waals surface area contributed by atoms with Gasteiger partial charge in [0.25, 0.3) is 11.5 Å². The normalized spacial score (nSPS) is 12.2. The summed E-state index contributed by atoms with van der Waals surface area (Å²) in [4.78, 5) is 25.2. The van der Waals surface area contributed by atoms with Crippen LogP contribution in [0, 0.1) is 0 Å². The molecule has 6 heteroatoms. The molecule has 2 N–H and O–H groups in total. The molecule has 2 heterocycles. The third-order valence-electron chi connectivity index (χ3n) is 3.23. The SMILES string of the molecule is C[C@@H](NC(=O)c1n[nH]c(=O)c2ccccc12)c1cccs1. The Hall–Kier alpha value is -2.47. The van der Waals surface area contributed by atoms with Crippen LogP contribution >= 0.6 is 11.3 Å². The molecule has 21 heavy (non-hydrogen) atoms. The Labute approximate surface area is 124 Å². The van der Waals surface area contributed by atoms with Gasteiger partial charge in [0.1, 0.15) is 0 Å². The lowest BCUT2D eigenvalue weighted by Crippen LogP contribution is -2.28. The lowest BCUT2D eigenvalue weighted by atomic mass is 10.1. The number of benzene rings is 1. The van der Waals surface area contributed by atoms with E-state index in [-0.39, 0.29) is 23.2 Å². The van der Waals surface area contributed by atoms with E-state index in [1.807, 2.05) is 24.4 Å². The van der Waals surface area contributed by atoms with Gasteiger partial charge in [0.15, 0.2) is 5.69 Å². The summed E-state index contributed by atoms with van der Waals surface area (Å²) < 4.78 is 0. The number of hydrogen-bond acceptors (Lipinski definition) is 4. The van der Waals surface area contributed by atoms with Crippen LogP contribution < -0.4 is 10.9 Å². The van der Waals surface area contributed by atoms with Crippen LogP contribution in [0.2, 0.25) is 0 Å². The molecule has 0 unspecified atom stereocenters. The number of nitrogens with one attached hydrogen (secondary N) is 2. The fourth-order valence-electron chi connectivity index (χ4n) is 2.16. The number of carbonyl (C=O) groups is 1. The van der Waals surface area contributed by atoms with Crippen molar-refractivity contribution in [1.82, 2.24) is 15.5 Å². The summed E-state index contributed by atoms with van der Waals surface area (Å²) in [5, 5.41) is 12.1. The molecule has 3 aromatic rings. The first-order chi connectivity index (χ1) is 10.2. The third-order valence-corrected chi connectivity index (χ3v) is 4.28. The molecule has 0 aliphatic rings. The van der Waals surface area contributed by atoms with Gasteiger partial charge in [-0.25, -0.2) is 5.10 Å². The Morgan fingerprint density at radius 2 is 2.00 bits per heavy atom. The summed E-state index contributed by atoms with van der Waals surface area (Å²) in [6.07, 6.45) is 0. The van der Waals surface area contributed by atoms with Crippen LogP contribution in [0.1, 0.15) is 28.3 Å². The molecular formula is C15H13N3O2S. The predicted molar refractivity (Wildman–Crippen MR) is 82.6 cm³/mol. The van der Waals surface area contributed by atoms with Crippen molar-refractivity contribution in [2.75, 3.05) is 0 Å². The molecule has 0 aliphatic heterocycles. The van der Waals surface area contributed by atoms with E-state index in [0.717, 1.165) is 4.88 Å². The van der Waals surface area contributed by atoms with Crippen molar-refractivity contribution in [3.63, 3.8) is 0 Å². The first-order valence-electron chi connectivity index (χ1n) is 6.48.